The minimum absolute atomic E-state index is 0.446. The van der Waals surface area contributed by atoms with Crippen molar-refractivity contribution in [3.63, 3.8) is 0 Å². The Bertz CT molecular complexity index is 650. The van der Waals surface area contributed by atoms with E-state index in [-0.39, 0.29) is 0 Å². The number of benzene rings is 1. The maximum absolute atomic E-state index is 11.6. The predicted molar refractivity (Wildman–Crippen MR) is 84.3 cm³/mol. The third-order valence-electron chi connectivity index (χ3n) is 4.06. The monoisotopic (exact) mass is 284 g/mol. The molecule has 2 aromatic rings. The molecule has 2 heterocycles. The van der Waals surface area contributed by atoms with Gasteiger partial charge < -0.3 is 16.4 Å². The minimum atomic E-state index is -0.446. The highest BCUT2D eigenvalue weighted by molar-refractivity contribution is 6.06. The lowest BCUT2D eigenvalue weighted by Gasteiger charge is -2.14. The zero-order chi connectivity index (χ0) is 14.7. The van der Waals surface area contributed by atoms with E-state index < -0.39 is 5.91 Å². The first kappa shape index (κ1) is 13.8. The number of carbonyl (C=O) groups excluding carboxylic acids is 1. The van der Waals surface area contributed by atoms with Crippen molar-refractivity contribution in [2.45, 2.75) is 12.8 Å². The van der Waals surface area contributed by atoms with E-state index >= 15 is 0 Å². The molecule has 21 heavy (non-hydrogen) atoms. The van der Waals surface area contributed by atoms with Crippen molar-refractivity contribution < 1.29 is 4.79 Å². The molecule has 1 fully saturated rings. The average molecular weight is 284 g/mol. The topological polar surface area (TPSA) is 80.0 Å². The van der Waals surface area contributed by atoms with Crippen LogP contribution >= 0.6 is 0 Å². The summed E-state index contributed by atoms with van der Waals surface area (Å²) in [6.07, 6.45) is 3.87. The van der Waals surface area contributed by atoms with Gasteiger partial charge in [-0.2, -0.15) is 0 Å². The normalized spacial score (nSPS) is 18.0. The highest BCUT2D eigenvalue weighted by atomic mass is 16.1. The highest BCUT2D eigenvalue weighted by Crippen LogP contribution is 2.26. The molecule has 5 nitrogen and oxygen atoms in total. The Kier molecular flexibility index (Phi) is 4.01. The van der Waals surface area contributed by atoms with Crippen molar-refractivity contribution in [2.24, 2.45) is 11.7 Å². The summed E-state index contributed by atoms with van der Waals surface area (Å²) in [6, 6.07) is 7.79. The molecule has 1 atom stereocenters. The predicted octanol–water partition coefficient (Wildman–Crippen LogP) is 1.75. The van der Waals surface area contributed by atoms with Crippen molar-refractivity contribution in [3.05, 3.63) is 36.0 Å². The summed E-state index contributed by atoms with van der Waals surface area (Å²) in [5, 5.41) is 7.71. The Balaban J connectivity index is 1.83. The zero-order valence-corrected chi connectivity index (χ0v) is 11.9. The van der Waals surface area contributed by atoms with Crippen LogP contribution in [0.2, 0.25) is 0 Å². The van der Waals surface area contributed by atoms with Crippen LogP contribution in [-0.4, -0.2) is 30.5 Å². The minimum Gasteiger partial charge on any atom is -0.384 e. The molecule has 1 amide bonds. The van der Waals surface area contributed by atoms with Crippen LogP contribution in [-0.2, 0) is 0 Å². The molecule has 110 valence electrons. The van der Waals surface area contributed by atoms with Crippen LogP contribution in [0.15, 0.2) is 30.5 Å². The lowest BCUT2D eigenvalue weighted by Crippen LogP contribution is -2.17. The quantitative estimate of drug-likeness (QED) is 0.781. The number of carbonyl (C=O) groups is 1. The number of hydrogen-bond acceptors (Lipinski definition) is 4. The number of para-hydroxylation sites is 1. The molecule has 0 spiro atoms. The SMILES string of the molecule is NC(=O)c1cnc2ccccc2c1NCCC1CCNC1. The summed E-state index contributed by atoms with van der Waals surface area (Å²) < 4.78 is 0. The van der Waals surface area contributed by atoms with E-state index in [4.69, 9.17) is 5.73 Å². The summed E-state index contributed by atoms with van der Waals surface area (Å²) in [6.45, 7) is 3.03. The number of nitrogens with two attached hydrogens (primary N) is 1. The number of rotatable bonds is 5. The molecule has 5 heteroatoms. The average Bonchev–Trinajstić information content (AvgIpc) is 3.00. The first-order valence-electron chi connectivity index (χ1n) is 7.38. The van der Waals surface area contributed by atoms with Gasteiger partial charge in [-0.3, -0.25) is 9.78 Å². The van der Waals surface area contributed by atoms with Gasteiger partial charge in [0.15, 0.2) is 0 Å². The van der Waals surface area contributed by atoms with E-state index in [1.807, 2.05) is 24.3 Å². The Morgan fingerprint density at radius 2 is 2.29 bits per heavy atom. The van der Waals surface area contributed by atoms with Crippen molar-refractivity contribution in [1.82, 2.24) is 10.3 Å². The molecule has 0 bridgehead atoms. The molecule has 0 aliphatic carbocycles. The van der Waals surface area contributed by atoms with E-state index in [2.05, 4.69) is 15.6 Å². The number of amides is 1. The Morgan fingerprint density at radius 1 is 1.43 bits per heavy atom. The molecule has 0 saturated carbocycles. The van der Waals surface area contributed by atoms with E-state index in [0.29, 0.717) is 11.5 Å². The molecule has 1 aromatic heterocycles. The molecular formula is C16H20N4O. The van der Waals surface area contributed by atoms with Crippen LogP contribution in [0.4, 0.5) is 5.69 Å². The lowest BCUT2D eigenvalue weighted by molar-refractivity contribution is 0.100. The van der Waals surface area contributed by atoms with Crippen LogP contribution < -0.4 is 16.4 Å². The Morgan fingerprint density at radius 3 is 3.05 bits per heavy atom. The van der Waals surface area contributed by atoms with Gasteiger partial charge in [-0.05, 0) is 37.9 Å². The van der Waals surface area contributed by atoms with Gasteiger partial charge in [0.2, 0.25) is 0 Å². The standard InChI is InChI=1S/C16H20N4O/c17-16(21)13-10-20-14-4-2-1-3-12(14)15(13)19-8-6-11-5-7-18-9-11/h1-4,10-11,18H,5-9H2,(H2,17,21)(H,19,20). The molecule has 1 aromatic carbocycles. The fraction of sp³-hybridized carbons (Fsp3) is 0.375. The van der Waals surface area contributed by atoms with Gasteiger partial charge in [0, 0.05) is 18.1 Å². The smallest absolute Gasteiger partial charge is 0.252 e. The van der Waals surface area contributed by atoms with Gasteiger partial charge in [0.1, 0.15) is 0 Å². The van der Waals surface area contributed by atoms with Crippen molar-refractivity contribution in [1.29, 1.82) is 0 Å². The number of nitrogens with one attached hydrogen (secondary N) is 2. The third-order valence-corrected chi connectivity index (χ3v) is 4.06. The number of pyridine rings is 1. The molecule has 1 aliphatic heterocycles. The molecule has 1 aliphatic rings. The van der Waals surface area contributed by atoms with Gasteiger partial charge in [0.05, 0.1) is 16.8 Å². The first-order valence-corrected chi connectivity index (χ1v) is 7.38. The Hall–Kier alpha value is -2.14. The van der Waals surface area contributed by atoms with Gasteiger partial charge in [0.25, 0.3) is 5.91 Å². The van der Waals surface area contributed by atoms with Crippen LogP contribution in [0.1, 0.15) is 23.2 Å². The first-order chi connectivity index (χ1) is 10.3. The molecular weight excluding hydrogens is 264 g/mol. The van der Waals surface area contributed by atoms with Gasteiger partial charge >= 0.3 is 0 Å². The van der Waals surface area contributed by atoms with Gasteiger partial charge in [-0.15, -0.1) is 0 Å². The van der Waals surface area contributed by atoms with Crippen LogP contribution in [0, 0.1) is 5.92 Å². The van der Waals surface area contributed by atoms with E-state index in [9.17, 15) is 4.79 Å². The molecule has 3 rings (SSSR count). The zero-order valence-electron chi connectivity index (χ0n) is 11.9. The fourth-order valence-electron chi connectivity index (χ4n) is 2.88. The highest BCUT2D eigenvalue weighted by Gasteiger charge is 2.16. The maximum Gasteiger partial charge on any atom is 0.252 e. The number of hydrogen-bond donors (Lipinski definition) is 3. The number of aromatic nitrogens is 1. The summed E-state index contributed by atoms with van der Waals surface area (Å²) in [5.74, 6) is 0.265. The number of anilines is 1. The van der Waals surface area contributed by atoms with E-state index in [1.54, 1.807) is 6.20 Å². The number of primary amides is 1. The second kappa shape index (κ2) is 6.10. The summed E-state index contributed by atoms with van der Waals surface area (Å²) in [5.41, 5.74) is 7.60. The third kappa shape index (κ3) is 2.97. The van der Waals surface area contributed by atoms with Gasteiger partial charge in [-0.25, -0.2) is 0 Å². The van der Waals surface area contributed by atoms with Gasteiger partial charge in [-0.1, -0.05) is 18.2 Å². The van der Waals surface area contributed by atoms with E-state index in [1.165, 1.54) is 6.42 Å². The van der Waals surface area contributed by atoms with Crippen LogP contribution in [0.5, 0.6) is 0 Å². The molecule has 4 N–H and O–H groups in total. The second-order valence-electron chi connectivity index (χ2n) is 5.50. The molecule has 1 saturated heterocycles. The summed E-state index contributed by atoms with van der Waals surface area (Å²) in [7, 11) is 0. The number of fused-ring (bicyclic) bond motifs is 1. The second-order valence-corrected chi connectivity index (χ2v) is 5.50. The maximum atomic E-state index is 11.6. The lowest BCUT2D eigenvalue weighted by atomic mass is 10.0. The number of nitrogens with zero attached hydrogens (tertiary/aromatic N) is 1. The Labute approximate surface area is 123 Å². The van der Waals surface area contributed by atoms with Crippen molar-refractivity contribution in [3.8, 4) is 0 Å². The largest absolute Gasteiger partial charge is 0.384 e. The summed E-state index contributed by atoms with van der Waals surface area (Å²) in [4.78, 5) is 15.9. The van der Waals surface area contributed by atoms with Crippen LogP contribution in [0.3, 0.4) is 0 Å². The van der Waals surface area contributed by atoms with Crippen LogP contribution in [0.25, 0.3) is 10.9 Å². The van der Waals surface area contributed by atoms with E-state index in [0.717, 1.165) is 42.6 Å². The van der Waals surface area contributed by atoms with Crippen molar-refractivity contribution >= 4 is 22.5 Å². The van der Waals surface area contributed by atoms with Crippen molar-refractivity contribution in [2.75, 3.05) is 25.0 Å². The summed E-state index contributed by atoms with van der Waals surface area (Å²) >= 11 is 0. The fourth-order valence-corrected chi connectivity index (χ4v) is 2.88. The molecule has 1 unspecified atom stereocenters. The molecule has 0 radical (unpaired) electrons.